The van der Waals surface area contributed by atoms with Gasteiger partial charge in [-0.25, -0.2) is 0 Å². The third-order valence-electron chi connectivity index (χ3n) is 2.20. The molecule has 0 bridgehead atoms. The maximum absolute atomic E-state index is 12.1. The number of rotatable bonds is 2. The largest absolute Gasteiger partial charge is 0.289 e. The van der Waals surface area contributed by atoms with Crippen molar-refractivity contribution >= 4 is 40.6 Å². The third-order valence-corrected chi connectivity index (χ3v) is 3.24. The number of carbonyl (C=O) groups excluding carboxylic acids is 1. The molecule has 0 amide bonds. The minimum atomic E-state index is -0.212. The van der Waals surface area contributed by atoms with Crippen LogP contribution in [0.4, 0.5) is 0 Å². The topological polar surface area (TPSA) is 30.0 Å². The highest BCUT2D eigenvalue weighted by atomic mass is 35.5. The first kappa shape index (κ1) is 12.4. The molecular weight excluding hydrogens is 280 g/mol. The number of nitrogens with zero attached hydrogens (tertiary/aromatic N) is 1. The fraction of sp³-hybridized carbons (Fsp3) is 0. The van der Waals surface area contributed by atoms with Gasteiger partial charge in [0.05, 0.1) is 15.1 Å². The molecule has 86 valence electrons. The van der Waals surface area contributed by atoms with Crippen molar-refractivity contribution in [3.63, 3.8) is 0 Å². The highest BCUT2D eigenvalue weighted by Gasteiger charge is 2.13. The van der Waals surface area contributed by atoms with Gasteiger partial charge in [-0.1, -0.05) is 34.8 Å². The van der Waals surface area contributed by atoms with E-state index in [0.29, 0.717) is 26.2 Å². The zero-order valence-electron chi connectivity index (χ0n) is 8.45. The van der Waals surface area contributed by atoms with E-state index in [-0.39, 0.29) is 5.78 Å². The summed E-state index contributed by atoms with van der Waals surface area (Å²) < 4.78 is 0. The number of hydrogen-bond acceptors (Lipinski definition) is 2. The van der Waals surface area contributed by atoms with E-state index in [4.69, 9.17) is 34.8 Å². The Morgan fingerprint density at radius 1 is 1.00 bits per heavy atom. The van der Waals surface area contributed by atoms with Gasteiger partial charge in [-0.3, -0.25) is 9.78 Å². The first-order valence-electron chi connectivity index (χ1n) is 4.69. The minimum Gasteiger partial charge on any atom is -0.289 e. The average Bonchev–Trinajstić information content (AvgIpc) is 2.32. The Bertz CT molecular complexity index is 584. The van der Waals surface area contributed by atoms with Crippen LogP contribution in [0.3, 0.4) is 0 Å². The van der Waals surface area contributed by atoms with Crippen LogP contribution in [0.25, 0.3) is 0 Å². The van der Waals surface area contributed by atoms with Crippen LogP contribution in [0.15, 0.2) is 36.7 Å². The van der Waals surface area contributed by atoms with E-state index in [1.54, 1.807) is 18.2 Å². The molecule has 5 heteroatoms. The SMILES string of the molecule is O=C(c1ccc(Cl)c(Cl)c1)c1ccncc1Cl. The first-order chi connectivity index (χ1) is 8.09. The van der Waals surface area contributed by atoms with E-state index >= 15 is 0 Å². The van der Waals surface area contributed by atoms with Crippen molar-refractivity contribution in [1.82, 2.24) is 4.98 Å². The molecule has 1 heterocycles. The Balaban J connectivity index is 2.44. The first-order valence-corrected chi connectivity index (χ1v) is 5.82. The van der Waals surface area contributed by atoms with E-state index in [0.717, 1.165) is 0 Å². The van der Waals surface area contributed by atoms with E-state index in [1.807, 2.05) is 0 Å². The molecule has 0 aliphatic heterocycles. The second-order valence-corrected chi connectivity index (χ2v) is 4.54. The second-order valence-electron chi connectivity index (χ2n) is 3.31. The summed E-state index contributed by atoms with van der Waals surface area (Å²) in [7, 11) is 0. The Morgan fingerprint density at radius 2 is 1.76 bits per heavy atom. The summed E-state index contributed by atoms with van der Waals surface area (Å²) in [5.74, 6) is -0.212. The summed E-state index contributed by atoms with van der Waals surface area (Å²) in [4.78, 5) is 15.9. The zero-order valence-corrected chi connectivity index (χ0v) is 10.7. The van der Waals surface area contributed by atoms with Crippen LogP contribution < -0.4 is 0 Å². The molecule has 2 aromatic rings. The van der Waals surface area contributed by atoms with Crippen molar-refractivity contribution < 1.29 is 4.79 Å². The Hall–Kier alpha value is -1.09. The van der Waals surface area contributed by atoms with Crippen LogP contribution in [0, 0.1) is 0 Å². The highest BCUT2D eigenvalue weighted by Crippen LogP contribution is 2.25. The van der Waals surface area contributed by atoms with Gasteiger partial charge in [0.1, 0.15) is 0 Å². The van der Waals surface area contributed by atoms with Crippen molar-refractivity contribution in [2.24, 2.45) is 0 Å². The van der Waals surface area contributed by atoms with Gasteiger partial charge in [-0.2, -0.15) is 0 Å². The van der Waals surface area contributed by atoms with Gasteiger partial charge in [-0.15, -0.1) is 0 Å². The van der Waals surface area contributed by atoms with E-state index in [1.165, 1.54) is 18.5 Å². The molecule has 2 nitrogen and oxygen atoms in total. The van der Waals surface area contributed by atoms with Gasteiger partial charge in [0.15, 0.2) is 5.78 Å². The molecule has 1 aromatic carbocycles. The van der Waals surface area contributed by atoms with Gasteiger partial charge in [0.25, 0.3) is 0 Å². The Morgan fingerprint density at radius 3 is 2.41 bits per heavy atom. The molecule has 0 radical (unpaired) electrons. The molecule has 0 N–H and O–H groups in total. The lowest BCUT2D eigenvalue weighted by Gasteiger charge is -2.04. The Kier molecular flexibility index (Phi) is 3.67. The zero-order chi connectivity index (χ0) is 12.4. The van der Waals surface area contributed by atoms with Crippen molar-refractivity contribution in [2.75, 3.05) is 0 Å². The average molecular weight is 287 g/mol. The molecule has 0 saturated carbocycles. The monoisotopic (exact) mass is 285 g/mol. The summed E-state index contributed by atoms with van der Waals surface area (Å²) in [6.45, 7) is 0. The van der Waals surface area contributed by atoms with E-state index in [9.17, 15) is 4.79 Å². The van der Waals surface area contributed by atoms with Crippen LogP contribution in [0.2, 0.25) is 15.1 Å². The lowest BCUT2D eigenvalue weighted by molar-refractivity contribution is 0.103. The van der Waals surface area contributed by atoms with E-state index < -0.39 is 0 Å². The molecule has 0 fully saturated rings. The van der Waals surface area contributed by atoms with Crippen molar-refractivity contribution in [1.29, 1.82) is 0 Å². The van der Waals surface area contributed by atoms with Crippen molar-refractivity contribution in [3.8, 4) is 0 Å². The molecule has 0 unspecified atom stereocenters. The molecule has 0 aliphatic carbocycles. The summed E-state index contributed by atoms with van der Waals surface area (Å²) in [5, 5.41) is 1.05. The fourth-order valence-corrected chi connectivity index (χ4v) is 1.86. The molecule has 0 saturated heterocycles. The summed E-state index contributed by atoms with van der Waals surface area (Å²) >= 11 is 17.5. The van der Waals surface area contributed by atoms with E-state index in [2.05, 4.69) is 4.98 Å². The molecule has 1 aromatic heterocycles. The molecule has 17 heavy (non-hydrogen) atoms. The van der Waals surface area contributed by atoms with Crippen molar-refractivity contribution in [3.05, 3.63) is 62.9 Å². The smallest absolute Gasteiger partial charge is 0.194 e. The summed E-state index contributed by atoms with van der Waals surface area (Å²) in [5.41, 5.74) is 0.826. The standard InChI is InChI=1S/C12H6Cl3NO/c13-9-2-1-7(5-10(9)14)12(17)8-3-4-16-6-11(8)15/h1-6H. The number of pyridine rings is 1. The minimum absolute atomic E-state index is 0.212. The summed E-state index contributed by atoms with van der Waals surface area (Å²) in [6, 6.07) is 6.26. The number of aromatic nitrogens is 1. The molecular formula is C12H6Cl3NO. The van der Waals surface area contributed by atoms with Crippen molar-refractivity contribution in [2.45, 2.75) is 0 Å². The van der Waals surface area contributed by atoms with Crippen LogP contribution in [0.5, 0.6) is 0 Å². The van der Waals surface area contributed by atoms with Crippen LogP contribution >= 0.6 is 34.8 Å². The molecule has 0 spiro atoms. The lowest BCUT2D eigenvalue weighted by Crippen LogP contribution is -2.02. The lowest BCUT2D eigenvalue weighted by atomic mass is 10.0. The second kappa shape index (κ2) is 5.05. The van der Waals surface area contributed by atoms with Crippen LogP contribution in [-0.4, -0.2) is 10.8 Å². The van der Waals surface area contributed by atoms with Gasteiger partial charge < -0.3 is 0 Å². The maximum atomic E-state index is 12.1. The number of ketones is 1. The van der Waals surface area contributed by atoms with Crippen LogP contribution in [0.1, 0.15) is 15.9 Å². The van der Waals surface area contributed by atoms with Gasteiger partial charge in [-0.05, 0) is 24.3 Å². The normalized spacial score (nSPS) is 10.3. The number of benzene rings is 1. The van der Waals surface area contributed by atoms with Crippen LogP contribution in [-0.2, 0) is 0 Å². The molecule has 0 atom stereocenters. The predicted molar refractivity (Wildman–Crippen MR) is 69.1 cm³/mol. The predicted octanol–water partition coefficient (Wildman–Crippen LogP) is 4.27. The Labute approximate surface area is 113 Å². The third kappa shape index (κ3) is 2.60. The van der Waals surface area contributed by atoms with Gasteiger partial charge in [0.2, 0.25) is 0 Å². The molecule has 2 rings (SSSR count). The number of hydrogen-bond donors (Lipinski definition) is 0. The highest BCUT2D eigenvalue weighted by molar-refractivity contribution is 6.42. The number of carbonyl (C=O) groups is 1. The fourth-order valence-electron chi connectivity index (χ4n) is 1.35. The molecule has 0 aliphatic rings. The summed E-state index contributed by atoms with van der Waals surface area (Å²) in [6.07, 6.45) is 2.93. The maximum Gasteiger partial charge on any atom is 0.194 e. The van der Waals surface area contributed by atoms with Gasteiger partial charge in [0, 0.05) is 23.5 Å². The number of halogens is 3. The quantitative estimate of drug-likeness (QED) is 0.772. The van der Waals surface area contributed by atoms with Gasteiger partial charge >= 0.3 is 0 Å².